The lowest BCUT2D eigenvalue weighted by molar-refractivity contribution is 0.332. The quantitative estimate of drug-likeness (QED) is 0.155. The summed E-state index contributed by atoms with van der Waals surface area (Å²) in [7, 11) is 0. The summed E-state index contributed by atoms with van der Waals surface area (Å²) in [5.41, 5.74) is 30.2. The molecule has 92 heavy (non-hydrogen) atoms. The lowest BCUT2D eigenvalue weighted by Gasteiger charge is -2.44. The number of anilines is 9. The topological polar surface area (TPSA) is 22.9 Å². The van der Waals surface area contributed by atoms with Crippen molar-refractivity contribution >= 4 is 117 Å². The maximum absolute atomic E-state index is 7.37. The summed E-state index contributed by atoms with van der Waals surface area (Å²) in [4.78, 5) is 7.95. The highest BCUT2D eigenvalue weighted by Gasteiger charge is 2.60. The van der Waals surface area contributed by atoms with E-state index >= 15 is 0 Å². The highest BCUT2D eigenvalue weighted by Crippen LogP contribution is 2.68. The summed E-state index contributed by atoms with van der Waals surface area (Å²) >= 11 is 2.03. The van der Waals surface area contributed by atoms with Crippen LogP contribution in [0.1, 0.15) is 147 Å². The van der Waals surface area contributed by atoms with Crippen molar-refractivity contribution in [3.63, 3.8) is 0 Å². The van der Waals surface area contributed by atoms with Crippen molar-refractivity contribution < 1.29 is 4.42 Å². The van der Waals surface area contributed by atoms with E-state index in [-0.39, 0.29) is 33.8 Å². The van der Waals surface area contributed by atoms with Gasteiger partial charge in [0.25, 0.3) is 6.71 Å². The van der Waals surface area contributed by atoms with E-state index in [9.17, 15) is 0 Å². The molecule has 0 amide bonds. The van der Waals surface area contributed by atoms with Crippen molar-refractivity contribution in [1.29, 1.82) is 0 Å². The average Bonchev–Trinajstić information content (AvgIpc) is 1.41. The number of nitrogens with zero attached hydrogens (tertiary/aromatic N) is 3. The van der Waals surface area contributed by atoms with Crippen LogP contribution < -0.4 is 30.4 Å². The van der Waals surface area contributed by atoms with Gasteiger partial charge in [0.15, 0.2) is 5.58 Å². The number of rotatable bonds is 6. The first-order valence-corrected chi connectivity index (χ1v) is 34.8. The number of thiophene rings is 1. The van der Waals surface area contributed by atoms with Crippen LogP contribution in [-0.4, -0.2) is 6.71 Å². The van der Waals surface area contributed by atoms with E-state index in [1.165, 1.54) is 141 Å². The Bertz CT molecular complexity index is 5070. The predicted octanol–water partition coefficient (Wildman–Crippen LogP) is 22.4. The van der Waals surface area contributed by atoms with Gasteiger partial charge < -0.3 is 19.1 Å². The Morgan fingerprint density at radius 2 is 1.16 bits per heavy atom. The zero-order chi connectivity index (χ0) is 62.7. The van der Waals surface area contributed by atoms with Gasteiger partial charge in [0, 0.05) is 70.7 Å². The van der Waals surface area contributed by atoms with Gasteiger partial charge in [0.05, 0.1) is 17.1 Å². The van der Waals surface area contributed by atoms with Gasteiger partial charge in [0.2, 0.25) is 0 Å². The minimum Gasteiger partial charge on any atom is -0.454 e. The minimum atomic E-state index is -0.136. The van der Waals surface area contributed by atoms with Crippen LogP contribution in [0.4, 0.5) is 51.2 Å². The number of benzene rings is 10. The van der Waals surface area contributed by atoms with E-state index in [0.29, 0.717) is 11.8 Å². The van der Waals surface area contributed by atoms with Crippen LogP contribution in [0, 0.1) is 18.8 Å². The molecule has 0 atom stereocenters. The zero-order valence-electron chi connectivity index (χ0n) is 55.2. The van der Waals surface area contributed by atoms with Crippen molar-refractivity contribution in [2.75, 3.05) is 14.7 Å². The fraction of sp³-hybridized carbons (Fsp3) is 0.279. The Balaban J connectivity index is 0.950. The summed E-state index contributed by atoms with van der Waals surface area (Å²) in [5.74, 6) is 1.26. The number of hydrogen-bond donors (Lipinski definition) is 0. The largest absolute Gasteiger partial charge is 0.454 e. The van der Waals surface area contributed by atoms with Crippen LogP contribution in [0.2, 0.25) is 0 Å². The van der Waals surface area contributed by atoms with E-state index in [2.05, 4.69) is 291 Å². The standard InChI is InChI=1S/C86H80BN3OS/c1-51-45-73-78-74(46-51)90(71-42-40-65(83(5,6)7)77-62-25-17-20-28-75(62)91-80(71)77)79-63-49-67-68(85(10,11)44-43-84(67,8)9)50-76(63)92-81(79)87(78)69-41-38-58(88(56-35-33-53(34-36-56)82(2,3)4)70-27-19-16-23-59(70)52-21-13-12-14-22-52)48-72(69)89(73)57-37-39-61-60-24-15-18-26-64(60)86(66(61)47-57)54-29-30-55(86)32-31-54/h12-28,33-42,45-50,54-55H,29-32,43-44H2,1-11H3. The van der Waals surface area contributed by atoms with E-state index < -0.39 is 0 Å². The Hall–Kier alpha value is -8.58. The first-order valence-electron chi connectivity index (χ1n) is 34.0. The molecule has 6 heteroatoms. The summed E-state index contributed by atoms with van der Waals surface area (Å²) < 4.78 is 10.1. The van der Waals surface area contributed by atoms with Crippen molar-refractivity contribution in [3.8, 4) is 22.3 Å². The molecule has 0 N–H and O–H groups in total. The van der Waals surface area contributed by atoms with Gasteiger partial charge in [0.1, 0.15) is 5.58 Å². The van der Waals surface area contributed by atoms with Crippen molar-refractivity contribution in [3.05, 3.63) is 239 Å². The maximum Gasteiger partial charge on any atom is 0.264 e. The summed E-state index contributed by atoms with van der Waals surface area (Å²) in [6.07, 6.45) is 7.48. The second-order valence-electron chi connectivity index (χ2n) is 31.4. The molecule has 0 radical (unpaired) electrons. The van der Waals surface area contributed by atoms with Crippen LogP contribution >= 0.6 is 11.3 Å². The van der Waals surface area contributed by atoms with Crippen LogP contribution in [0.3, 0.4) is 0 Å². The molecule has 12 aromatic rings. The number of fused-ring (bicyclic) bond motifs is 13. The molecule has 10 aromatic carbocycles. The first kappa shape index (κ1) is 56.2. The fourth-order valence-corrected chi connectivity index (χ4v) is 20.0. The van der Waals surface area contributed by atoms with Gasteiger partial charge in [-0.2, -0.15) is 0 Å². The zero-order valence-corrected chi connectivity index (χ0v) is 56.0. The summed E-state index contributed by atoms with van der Waals surface area (Å²) in [6.45, 7) is 26.2. The summed E-state index contributed by atoms with van der Waals surface area (Å²) in [6, 6.07) is 78.0. The molecule has 2 aliphatic heterocycles. The number of furan rings is 1. The van der Waals surface area contributed by atoms with Gasteiger partial charge in [-0.1, -0.05) is 191 Å². The Labute approximate surface area is 547 Å². The lowest BCUT2D eigenvalue weighted by atomic mass is 9.36. The molecular weight excluding hydrogens is 1130 g/mol. The molecular formula is C86H80BN3OS. The minimum absolute atomic E-state index is 0.00344. The van der Waals surface area contributed by atoms with Crippen molar-refractivity contribution in [2.45, 2.75) is 142 Å². The highest BCUT2D eigenvalue weighted by molar-refractivity contribution is 7.33. The molecule has 18 rings (SSSR count). The smallest absolute Gasteiger partial charge is 0.264 e. The van der Waals surface area contributed by atoms with E-state index in [1.807, 2.05) is 11.3 Å². The molecule has 6 aliphatic rings. The second kappa shape index (κ2) is 19.5. The molecule has 4 heterocycles. The molecule has 1 spiro atoms. The maximum atomic E-state index is 7.37. The molecule has 2 fully saturated rings. The van der Waals surface area contributed by atoms with Crippen LogP contribution in [0.5, 0.6) is 0 Å². The number of aryl methyl sites for hydroxylation is 1. The molecule has 454 valence electrons. The summed E-state index contributed by atoms with van der Waals surface area (Å²) in [5, 5.41) is 3.69. The predicted molar refractivity (Wildman–Crippen MR) is 392 cm³/mol. The van der Waals surface area contributed by atoms with Crippen molar-refractivity contribution in [2.24, 2.45) is 11.8 Å². The third-order valence-electron chi connectivity index (χ3n) is 23.2. The lowest BCUT2D eigenvalue weighted by Crippen LogP contribution is -2.60. The third kappa shape index (κ3) is 7.89. The molecule has 0 unspecified atom stereocenters. The second-order valence-corrected chi connectivity index (χ2v) is 32.5. The number of para-hydroxylation sites is 2. The van der Waals surface area contributed by atoms with Crippen LogP contribution in [-0.2, 0) is 27.1 Å². The van der Waals surface area contributed by atoms with Gasteiger partial charge in [-0.25, -0.2) is 0 Å². The van der Waals surface area contributed by atoms with Crippen LogP contribution in [0.25, 0.3) is 54.3 Å². The Morgan fingerprint density at radius 1 is 0.522 bits per heavy atom. The van der Waals surface area contributed by atoms with Crippen molar-refractivity contribution in [1.82, 2.24) is 0 Å². The number of hydrogen-bond acceptors (Lipinski definition) is 5. The van der Waals surface area contributed by atoms with E-state index in [4.69, 9.17) is 4.42 Å². The van der Waals surface area contributed by atoms with E-state index in [1.54, 1.807) is 5.56 Å². The van der Waals surface area contributed by atoms with Crippen LogP contribution in [0.15, 0.2) is 205 Å². The third-order valence-corrected chi connectivity index (χ3v) is 24.4. The normalized spacial score (nSPS) is 19.6. The van der Waals surface area contributed by atoms with Gasteiger partial charge in [-0.05, 0) is 224 Å². The monoisotopic (exact) mass is 1210 g/mol. The fourth-order valence-electron chi connectivity index (χ4n) is 18.7. The van der Waals surface area contributed by atoms with Gasteiger partial charge in [-0.15, -0.1) is 11.3 Å². The van der Waals surface area contributed by atoms with Gasteiger partial charge >= 0.3 is 0 Å². The molecule has 0 saturated heterocycles. The highest BCUT2D eigenvalue weighted by atomic mass is 32.1. The van der Waals surface area contributed by atoms with E-state index in [0.717, 1.165) is 52.1 Å². The molecule has 2 bridgehead atoms. The average molecular weight is 1210 g/mol. The SMILES string of the molecule is Cc1cc2c3c(c1)N(c1ccc(C(C)(C)C)c4c1oc1ccccc14)c1c(sc4cc5c(cc14)C(C)(C)CCC5(C)C)B3c1ccc(N(c3ccc(C(C)(C)C)cc3)c3ccccc3-c3ccccc3)cc1N2c1ccc2c(c1)C1(c3ccccc3-2)C2CCC1CC2. The molecule has 4 aliphatic carbocycles. The molecule has 4 nitrogen and oxygen atoms in total. The first-order chi connectivity index (χ1) is 44.3. The molecule has 2 aromatic heterocycles. The molecule has 2 saturated carbocycles. The Kier molecular flexibility index (Phi) is 11.9. The van der Waals surface area contributed by atoms with Gasteiger partial charge in [-0.3, -0.25) is 0 Å². The Morgan fingerprint density at radius 3 is 1.89 bits per heavy atom.